The highest BCUT2D eigenvalue weighted by Gasteiger charge is 2.10. The van der Waals surface area contributed by atoms with E-state index in [0.29, 0.717) is 19.8 Å². The zero-order valence-electron chi connectivity index (χ0n) is 11.5. The van der Waals surface area contributed by atoms with Crippen LogP contribution in [0.1, 0.15) is 13.3 Å². The van der Waals surface area contributed by atoms with Gasteiger partial charge < -0.3 is 20.1 Å². The first-order valence-corrected chi connectivity index (χ1v) is 6.47. The molecule has 0 bridgehead atoms. The summed E-state index contributed by atoms with van der Waals surface area (Å²) in [5.41, 5.74) is 0. The lowest BCUT2D eigenvalue weighted by Crippen LogP contribution is -2.45. The molecule has 0 aliphatic rings. The predicted molar refractivity (Wildman–Crippen MR) is 74.4 cm³/mol. The fourth-order valence-corrected chi connectivity index (χ4v) is 1.48. The molecule has 1 rings (SSSR count). The van der Waals surface area contributed by atoms with Gasteiger partial charge in [-0.25, -0.2) is 4.79 Å². The second-order valence-electron chi connectivity index (χ2n) is 4.12. The number of carbonyl (C=O) groups is 1. The third-order valence-electron chi connectivity index (χ3n) is 2.61. The number of carbonyl (C=O) groups excluding carboxylic acids is 1. The molecule has 106 valence electrons. The average Bonchev–Trinajstić information content (AvgIpc) is 2.45. The number of urea groups is 1. The van der Waals surface area contributed by atoms with Crippen LogP contribution in [-0.2, 0) is 4.74 Å². The number of nitrogens with one attached hydrogen (secondary N) is 2. The number of para-hydroxylation sites is 1. The van der Waals surface area contributed by atoms with Gasteiger partial charge in [-0.2, -0.15) is 0 Å². The minimum Gasteiger partial charge on any atom is -0.491 e. The molecule has 0 radical (unpaired) electrons. The molecule has 0 saturated carbocycles. The zero-order chi connectivity index (χ0) is 13.9. The Kier molecular flexibility index (Phi) is 7.43. The van der Waals surface area contributed by atoms with Crippen molar-refractivity contribution >= 4 is 6.03 Å². The molecule has 1 aromatic rings. The molecule has 5 nitrogen and oxygen atoms in total. The van der Waals surface area contributed by atoms with Crippen LogP contribution in [0.3, 0.4) is 0 Å². The van der Waals surface area contributed by atoms with Gasteiger partial charge >= 0.3 is 6.03 Å². The Morgan fingerprint density at radius 3 is 2.68 bits per heavy atom. The number of methoxy groups -OCH3 is 1. The lowest BCUT2D eigenvalue weighted by molar-refractivity contribution is 0.192. The fourth-order valence-electron chi connectivity index (χ4n) is 1.48. The maximum absolute atomic E-state index is 11.6. The van der Waals surface area contributed by atoms with Crippen LogP contribution >= 0.6 is 0 Å². The van der Waals surface area contributed by atoms with Crippen molar-refractivity contribution in [3.8, 4) is 5.75 Å². The van der Waals surface area contributed by atoms with Gasteiger partial charge in [-0.05, 0) is 18.6 Å². The molecule has 0 unspecified atom stereocenters. The predicted octanol–water partition coefficient (Wildman–Crippen LogP) is 1.79. The topological polar surface area (TPSA) is 59.6 Å². The monoisotopic (exact) mass is 266 g/mol. The summed E-state index contributed by atoms with van der Waals surface area (Å²) in [5, 5.41) is 5.58. The Balaban J connectivity index is 2.27. The molecule has 0 fully saturated rings. The normalized spacial score (nSPS) is 11.7. The van der Waals surface area contributed by atoms with Crippen LogP contribution in [0.5, 0.6) is 5.75 Å². The van der Waals surface area contributed by atoms with E-state index in [1.807, 2.05) is 37.3 Å². The second-order valence-corrected chi connectivity index (χ2v) is 4.12. The largest absolute Gasteiger partial charge is 0.491 e. The van der Waals surface area contributed by atoms with E-state index in [0.717, 1.165) is 12.2 Å². The minimum atomic E-state index is -0.194. The fraction of sp³-hybridized carbons (Fsp3) is 0.500. The summed E-state index contributed by atoms with van der Waals surface area (Å²) in [7, 11) is 1.60. The number of hydrogen-bond acceptors (Lipinski definition) is 3. The van der Waals surface area contributed by atoms with Crippen LogP contribution in [0.2, 0.25) is 0 Å². The van der Waals surface area contributed by atoms with E-state index < -0.39 is 0 Å². The van der Waals surface area contributed by atoms with Gasteiger partial charge in [0.25, 0.3) is 0 Å². The van der Waals surface area contributed by atoms with Crippen molar-refractivity contribution in [2.45, 2.75) is 19.4 Å². The van der Waals surface area contributed by atoms with Gasteiger partial charge in [-0.3, -0.25) is 0 Å². The molecule has 0 aliphatic carbocycles. The average molecular weight is 266 g/mol. The van der Waals surface area contributed by atoms with Crippen molar-refractivity contribution in [3.05, 3.63) is 30.3 Å². The second kappa shape index (κ2) is 9.22. The van der Waals surface area contributed by atoms with Crippen LogP contribution in [-0.4, -0.2) is 38.9 Å². The highest BCUT2D eigenvalue weighted by molar-refractivity contribution is 5.74. The van der Waals surface area contributed by atoms with E-state index in [9.17, 15) is 4.79 Å². The summed E-state index contributed by atoms with van der Waals surface area (Å²) < 4.78 is 10.5. The summed E-state index contributed by atoms with van der Waals surface area (Å²) >= 11 is 0. The number of amides is 2. The van der Waals surface area contributed by atoms with Crippen molar-refractivity contribution in [2.75, 3.05) is 26.9 Å². The molecular weight excluding hydrogens is 244 g/mol. The van der Waals surface area contributed by atoms with E-state index >= 15 is 0 Å². The van der Waals surface area contributed by atoms with Crippen LogP contribution in [0.15, 0.2) is 30.3 Å². The Labute approximate surface area is 114 Å². The smallest absolute Gasteiger partial charge is 0.315 e. The molecule has 5 heteroatoms. The van der Waals surface area contributed by atoms with Gasteiger partial charge in [0, 0.05) is 13.7 Å². The first-order valence-electron chi connectivity index (χ1n) is 6.47. The number of ether oxygens (including phenoxy) is 2. The number of benzene rings is 1. The lowest BCUT2D eigenvalue weighted by Gasteiger charge is -2.18. The molecule has 1 aromatic carbocycles. The van der Waals surface area contributed by atoms with Crippen molar-refractivity contribution in [1.29, 1.82) is 0 Å². The summed E-state index contributed by atoms with van der Waals surface area (Å²) in [4.78, 5) is 11.6. The van der Waals surface area contributed by atoms with Gasteiger partial charge in [0.2, 0.25) is 0 Å². The Hall–Kier alpha value is -1.75. The molecule has 1 atom stereocenters. The quantitative estimate of drug-likeness (QED) is 0.705. The Bertz CT molecular complexity index is 357. The summed E-state index contributed by atoms with van der Waals surface area (Å²) in [6.07, 6.45) is 0.810. The van der Waals surface area contributed by atoms with Gasteiger partial charge in [-0.1, -0.05) is 25.1 Å². The van der Waals surface area contributed by atoms with Gasteiger partial charge in [0.05, 0.1) is 12.6 Å². The molecule has 2 N–H and O–H groups in total. The highest BCUT2D eigenvalue weighted by Crippen LogP contribution is 2.08. The Morgan fingerprint density at radius 1 is 1.32 bits per heavy atom. The first-order chi connectivity index (χ1) is 9.26. The molecule has 0 aromatic heterocycles. The number of rotatable bonds is 8. The van der Waals surface area contributed by atoms with Gasteiger partial charge in [0.1, 0.15) is 12.4 Å². The molecular formula is C14H22N2O3. The third kappa shape index (κ3) is 6.67. The third-order valence-corrected chi connectivity index (χ3v) is 2.61. The molecule has 2 amide bonds. The van der Waals surface area contributed by atoms with Crippen molar-refractivity contribution in [3.63, 3.8) is 0 Å². The summed E-state index contributed by atoms with van der Waals surface area (Å²) in [6.45, 7) is 3.47. The highest BCUT2D eigenvalue weighted by atomic mass is 16.5. The zero-order valence-corrected chi connectivity index (χ0v) is 11.5. The first kappa shape index (κ1) is 15.3. The molecule has 0 spiro atoms. The van der Waals surface area contributed by atoms with Gasteiger partial charge in [-0.15, -0.1) is 0 Å². The van der Waals surface area contributed by atoms with Crippen molar-refractivity contribution < 1.29 is 14.3 Å². The summed E-state index contributed by atoms with van der Waals surface area (Å²) in [6, 6.07) is 9.36. The Morgan fingerprint density at radius 2 is 2.05 bits per heavy atom. The number of hydrogen-bond donors (Lipinski definition) is 2. The maximum Gasteiger partial charge on any atom is 0.315 e. The van der Waals surface area contributed by atoms with E-state index in [2.05, 4.69) is 10.6 Å². The standard InChI is InChI=1S/C14H22N2O3/c1-3-12(16-14(17)15-9-10-18-2)11-19-13-7-5-4-6-8-13/h4-8,12H,3,9-11H2,1-2H3,(H2,15,16,17)/t12-/m0/s1. The van der Waals surface area contributed by atoms with Crippen molar-refractivity contribution in [1.82, 2.24) is 10.6 Å². The molecule has 0 aliphatic heterocycles. The van der Waals surface area contributed by atoms with Crippen LogP contribution in [0, 0.1) is 0 Å². The van der Waals surface area contributed by atoms with E-state index in [-0.39, 0.29) is 12.1 Å². The van der Waals surface area contributed by atoms with E-state index in [4.69, 9.17) is 9.47 Å². The van der Waals surface area contributed by atoms with Crippen LogP contribution in [0.25, 0.3) is 0 Å². The van der Waals surface area contributed by atoms with Crippen LogP contribution in [0.4, 0.5) is 4.79 Å². The molecule has 0 saturated heterocycles. The lowest BCUT2D eigenvalue weighted by atomic mass is 10.2. The van der Waals surface area contributed by atoms with E-state index in [1.165, 1.54) is 0 Å². The van der Waals surface area contributed by atoms with Gasteiger partial charge in [0.15, 0.2) is 0 Å². The summed E-state index contributed by atoms with van der Waals surface area (Å²) in [5.74, 6) is 0.808. The van der Waals surface area contributed by atoms with Crippen molar-refractivity contribution in [2.24, 2.45) is 0 Å². The molecule has 19 heavy (non-hydrogen) atoms. The maximum atomic E-state index is 11.6. The SMILES string of the molecule is CC[C@@H](COc1ccccc1)NC(=O)NCCOC. The minimum absolute atomic E-state index is 0.0113. The molecule has 0 heterocycles. The van der Waals surface area contributed by atoms with Crippen LogP contribution < -0.4 is 15.4 Å². The van der Waals surface area contributed by atoms with E-state index in [1.54, 1.807) is 7.11 Å².